The van der Waals surface area contributed by atoms with Crippen LogP contribution in [0, 0.1) is 0 Å². The van der Waals surface area contributed by atoms with Gasteiger partial charge in [-0.25, -0.2) is 0 Å². The van der Waals surface area contributed by atoms with Crippen LogP contribution in [0.25, 0.3) is 0 Å². The molecule has 2 fully saturated rings. The largest absolute Gasteiger partial charge is 0.515 e. The molecular formula is C25H48N6O10. The van der Waals surface area contributed by atoms with E-state index in [1.54, 1.807) is 13.1 Å². The zero-order valence-corrected chi connectivity index (χ0v) is 23.3. The van der Waals surface area contributed by atoms with Gasteiger partial charge in [0.1, 0.15) is 30.2 Å². The molecule has 0 aromatic rings. The minimum absolute atomic E-state index is 0.0147. The highest BCUT2D eigenvalue weighted by molar-refractivity contribution is 5.14. The van der Waals surface area contributed by atoms with Crippen molar-refractivity contribution >= 4 is 0 Å². The molecule has 0 spiro atoms. The fourth-order valence-electron chi connectivity index (χ4n) is 5.15. The Kier molecular flexibility index (Phi) is 13.6. The number of likely N-dealkylation sites (N-methyl/N-ethyl adjacent to an activating group) is 1. The monoisotopic (exact) mass is 592 g/mol. The summed E-state index contributed by atoms with van der Waals surface area (Å²) in [6.07, 6.45) is -5.04. The molecule has 3 unspecified atom stereocenters. The number of hydrogen-bond acceptors (Lipinski definition) is 16. The Morgan fingerprint density at radius 3 is 2.46 bits per heavy atom. The first kappa shape index (κ1) is 34.0. The van der Waals surface area contributed by atoms with Gasteiger partial charge in [-0.1, -0.05) is 0 Å². The molecule has 0 amide bonds. The Labute approximate surface area is 239 Å². The van der Waals surface area contributed by atoms with Gasteiger partial charge in [-0.2, -0.15) is 0 Å². The minimum atomic E-state index is -1.33. The van der Waals surface area contributed by atoms with Crippen molar-refractivity contribution < 1.29 is 49.6 Å². The third-order valence-electron chi connectivity index (χ3n) is 7.52. The van der Waals surface area contributed by atoms with Crippen LogP contribution in [0.2, 0.25) is 0 Å². The predicted molar refractivity (Wildman–Crippen MR) is 146 cm³/mol. The third kappa shape index (κ3) is 9.01. The summed E-state index contributed by atoms with van der Waals surface area (Å²) in [6, 6.07) is -2.46. The van der Waals surface area contributed by atoms with Crippen LogP contribution < -0.4 is 33.2 Å². The van der Waals surface area contributed by atoms with E-state index in [0.717, 1.165) is 6.26 Å². The molecule has 0 bridgehead atoms. The molecule has 238 valence electrons. The second-order valence-electron chi connectivity index (χ2n) is 10.7. The first-order valence-electron chi connectivity index (χ1n) is 13.9. The maximum Gasteiger partial charge on any atom is 0.215 e. The lowest BCUT2D eigenvalue weighted by Gasteiger charge is -2.47. The van der Waals surface area contributed by atoms with E-state index in [9.17, 15) is 25.5 Å². The summed E-state index contributed by atoms with van der Waals surface area (Å²) in [5.41, 5.74) is 18.7. The van der Waals surface area contributed by atoms with E-state index in [-0.39, 0.29) is 45.8 Å². The van der Waals surface area contributed by atoms with Gasteiger partial charge >= 0.3 is 0 Å². The van der Waals surface area contributed by atoms with Gasteiger partial charge in [-0.15, -0.1) is 0 Å². The molecule has 3 aliphatic rings. The van der Waals surface area contributed by atoms with E-state index in [1.807, 2.05) is 0 Å². The number of aliphatic hydroxyl groups excluding tert-OH is 6. The number of rotatable bonds is 14. The summed E-state index contributed by atoms with van der Waals surface area (Å²) in [5.74, 6) is 0.522. The van der Waals surface area contributed by atoms with Crippen LogP contribution in [0.1, 0.15) is 12.8 Å². The van der Waals surface area contributed by atoms with Crippen LogP contribution in [-0.4, -0.2) is 150 Å². The van der Waals surface area contributed by atoms with Crippen molar-refractivity contribution in [1.29, 1.82) is 0 Å². The van der Waals surface area contributed by atoms with Crippen LogP contribution >= 0.6 is 0 Å². The molecule has 41 heavy (non-hydrogen) atoms. The molecule has 3 rings (SSSR count). The number of ether oxygens (including phenoxy) is 4. The lowest BCUT2D eigenvalue weighted by Crippen LogP contribution is -2.67. The van der Waals surface area contributed by atoms with Crippen molar-refractivity contribution in [1.82, 2.24) is 16.0 Å². The summed E-state index contributed by atoms with van der Waals surface area (Å²) >= 11 is 0. The van der Waals surface area contributed by atoms with Gasteiger partial charge in [0.25, 0.3) is 0 Å². The average molecular weight is 593 g/mol. The summed E-state index contributed by atoms with van der Waals surface area (Å²) in [6.45, 7) is 0.169. The maximum atomic E-state index is 11.5. The normalized spacial score (nSPS) is 38.8. The summed E-state index contributed by atoms with van der Waals surface area (Å²) in [7, 11) is 1.62. The smallest absolute Gasteiger partial charge is 0.215 e. The zero-order valence-electron chi connectivity index (χ0n) is 23.3. The molecule has 2 heterocycles. The number of hydrogen-bond donors (Lipinski definition) is 12. The molecule has 0 aromatic heterocycles. The first-order valence-corrected chi connectivity index (χ1v) is 13.9. The number of nitrogens with one attached hydrogen (secondary N) is 3. The quantitative estimate of drug-likeness (QED) is 0.0840. The van der Waals surface area contributed by atoms with Gasteiger partial charge in [-0.05, 0) is 26.0 Å². The fraction of sp³-hybridized carbons (Fsp3) is 0.840. The van der Waals surface area contributed by atoms with Crippen LogP contribution in [-0.2, 0) is 18.9 Å². The summed E-state index contributed by atoms with van der Waals surface area (Å²) < 4.78 is 23.9. The second-order valence-corrected chi connectivity index (χ2v) is 10.7. The second kappa shape index (κ2) is 16.4. The Morgan fingerprint density at radius 1 is 1.07 bits per heavy atom. The Morgan fingerprint density at radius 2 is 1.80 bits per heavy atom. The van der Waals surface area contributed by atoms with Crippen molar-refractivity contribution in [3.8, 4) is 0 Å². The topological polar surface area (TPSA) is 272 Å². The van der Waals surface area contributed by atoms with Gasteiger partial charge in [0.15, 0.2) is 6.29 Å². The standard InChI is InChI=1S/C25H48N6O10/c1-29-19-12(9-32)11-38-25(20(19)36)41-23-18(31-7-13(34)5-26)4-17(28)22(21(23)37)40-24-16(27)3-2-15(39-24)8-30-6-14(35)10-33/h2,9,13-14,16-25,29-37H,3-8,10-11,26-28H2,1H3/b12-9-/t13?,14?,16-,17+,18-,19+,20-,21+,22?,23+,24-,25-/m1/s1. The van der Waals surface area contributed by atoms with Crippen molar-refractivity contribution in [3.63, 3.8) is 0 Å². The van der Waals surface area contributed by atoms with Gasteiger partial charge in [-0.3, -0.25) is 0 Å². The third-order valence-corrected chi connectivity index (χ3v) is 7.52. The minimum Gasteiger partial charge on any atom is -0.515 e. The Balaban J connectivity index is 1.72. The van der Waals surface area contributed by atoms with E-state index in [2.05, 4.69) is 16.0 Å². The highest BCUT2D eigenvalue weighted by Gasteiger charge is 2.49. The number of nitrogens with two attached hydrogens (primary N) is 3. The van der Waals surface area contributed by atoms with Crippen LogP contribution in [0.15, 0.2) is 23.7 Å². The molecule has 15 N–H and O–H groups in total. The summed E-state index contributed by atoms with van der Waals surface area (Å²) in [4.78, 5) is 0. The van der Waals surface area contributed by atoms with E-state index >= 15 is 0 Å². The molecule has 1 aliphatic carbocycles. The number of aliphatic hydroxyl groups is 6. The van der Waals surface area contributed by atoms with Crippen LogP contribution in [0.3, 0.4) is 0 Å². The van der Waals surface area contributed by atoms with E-state index in [0.29, 0.717) is 17.8 Å². The average Bonchev–Trinajstić information content (AvgIpc) is 2.97. The van der Waals surface area contributed by atoms with Crippen LogP contribution in [0.4, 0.5) is 0 Å². The molecule has 1 saturated heterocycles. The fourth-order valence-corrected chi connectivity index (χ4v) is 5.15. The van der Waals surface area contributed by atoms with Gasteiger partial charge in [0.2, 0.25) is 6.29 Å². The zero-order chi connectivity index (χ0) is 30.1. The Hall–Kier alpha value is -1.48. The van der Waals surface area contributed by atoms with Crippen molar-refractivity contribution in [2.75, 3.05) is 46.4 Å². The molecule has 2 aliphatic heterocycles. The van der Waals surface area contributed by atoms with Gasteiger partial charge in [0.05, 0.1) is 50.3 Å². The lowest BCUT2D eigenvalue weighted by molar-refractivity contribution is -0.276. The molecule has 0 radical (unpaired) electrons. The predicted octanol–water partition coefficient (Wildman–Crippen LogP) is -5.23. The lowest BCUT2D eigenvalue weighted by atomic mass is 9.83. The first-order chi connectivity index (χ1) is 19.6. The van der Waals surface area contributed by atoms with Crippen molar-refractivity contribution in [3.05, 3.63) is 23.7 Å². The molecule has 16 heteroatoms. The van der Waals surface area contributed by atoms with Gasteiger partial charge in [0, 0.05) is 37.3 Å². The van der Waals surface area contributed by atoms with E-state index in [4.69, 9.17) is 41.3 Å². The van der Waals surface area contributed by atoms with Crippen molar-refractivity contribution in [2.45, 2.75) is 86.2 Å². The molecule has 0 aromatic carbocycles. The van der Waals surface area contributed by atoms with Crippen LogP contribution in [0.5, 0.6) is 0 Å². The van der Waals surface area contributed by atoms with Gasteiger partial charge < -0.3 is 82.7 Å². The molecule has 12 atom stereocenters. The maximum absolute atomic E-state index is 11.5. The Bertz CT molecular complexity index is 856. The molecular weight excluding hydrogens is 544 g/mol. The highest BCUT2D eigenvalue weighted by atomic mass is 16.7. The van der Waals surface area contributed by atoms with E-state index < -0.39 is 73.4 Å². The SMILES string of the molecule is CN[C@H]1/C(=C\O)CO[C@H](O[C@H]2[C@H](NCC(O)CN)C[C@H](N)C(O[C@H]3OC(CNCC(O)CO)=CC[C@H]3N)[C@@H]2O)[C@@H]1O. The van der Waals surface area contributed by atoms with E-state index in [1.165, 1.54) is 0 Å². The molecule has 1 saturated carbocycles. The summed E-state index contributed by atoms with van der Waals surface area (Å²) in [5, 5.41) is 69.5. The molecule has 16 nitrogen and oxygen atoms in total. The highest BCUT2D eigenvalue weighted by Crippen LogP contribution is 2.31. The van der Waals surface area contributed by atoms with Crippen molar-refractivity contribution in [2.24, 2.45) is 17.2 Å².